The Morgan fingerprint density at radius 1 is 1.60 bits per heavy atom. The van der Waals surface area contributed by atoms with Crippen molar-refractivity contribution in [3.8, 4) is 5.75 Å². The third kappa shape index (κ3) is 5.08. The summed E-state index contributed by atoms with van der Waals surface area (Å²) in [4.78, 5) is 12.0. The molecule has 2 rings (SSSR count). The number of hydrogen-bond acceptors (Lipinski definition) is 4. The number of benzene rings is 1. The molecular weight excluding hydrogens is 395 g/mol. The lowest BCUT2D eigenvalue weighted by atomic mass is 10.2. The van der Waals surface area contributed by atoms with E-state index in [-0.39, 0.29) is 24.4 Å². The molecule has 1 aliphatic rings. The fourth-order valence-electron chi connectivity index (χ4n) is 1.90. The van der Waals surface area contributed by atoms with E-state index < -0.39 is 0 Å². The van der Waals surface area contributed by atoms with Crippen molar-refractivity contribution in [1.29, 1.82) is 0 Å². The largest absolute Gasteiger partial charge is 0.497 e. The summed E-state index contributed by atoms with van der Waals surface area (Å²) >= 11 is 2.19. The van der Waals surface area contributed by atoms with E-state index in [0.29, 0.717) is 19.6 Å². The van der Waals surface area contributed by atoms with Gasteiger partial charge in [-0.05, 0) is 34.7 Å². The Bertz CT molecular complexity index is 453. The van der Waals surface area contributed by atoms with Crippen LogP contribution in [0.25, 0.3) is 0 Å². The number of carbonyl (C=O) groups excluding carboxylic acids is 1. The summed E-state index contributed by atoms with van der Waals surface area (Å²) < 4.78 is 11.5. The van der Waals surface area contributed by atoms with E-state index in [2.05, 4.69) is 33.2 Å². The quantitative estimate of drug-likeness (QED) is 0.743. The summed E-state index contributed by atoms with van der Waals surface area (Å²) in [7, 11) is 1.61. The van der Waals surface area contributed by atoms with Gasteiger partial charge >= 0.3 is 0 Å². The number of carbonyl (C=O) groups is 1. The molecule has 0 saturated carbocycles. The van der Waals surface area contributed by atoms with E-state index in [1.165, 1.54) is 0 Å². The van der Waals surface area contributed by atoms with Gasteiger partial charge in [-0.3, -0.25) is 4.79 Å². The first-order valence-corrected chi connectivity index (χ1v) is 7.21. The topological polar surface area (TPSA) is 59.6 Å². The average Bonchev–Trinajstić information content (AvgIpc) is 2.42. The molecule has 5 nitrogen and oxygen atoms in total. The number of halogens is 2. The number of ether oxygens (including phenoxy) is 2. The Morgan fingerprint density at radius 3 is 3.05 bits per heavy atom. The summed E-state index contributed by atoms with van der Waals surface area (Å²) in [5.41, 5.74) is 0.779. The van der Waals surface area contributed by atoms with E-state index in [9.17, 15) is 4.79 Å². The van der Waals surface area contributed by atoms with Crippen LogP contribution in [0.15, 0.2) is 18.2 Å². The van der Waals surface area contributed by atoms with Crippen LogP contribution in [-0.4, -0.2) is 38.8 Å². The van der Waals surface area contributed by atoms with Crippen LogP contribution in [0.2, 0.25) is 0 Å². The second-order valence-corrected chi connectivity index (χ2v) is 5.49. The van der Waals surface area contributed by atoms with E-state index in [4.69, 9.17) is 9.47 Å². The van der Waals surface area contributed by atoms with Crippen LogP contribution in [0.5, 0.6) is 5.75 Å². The van der Waals surface area contributed by atoms with E-state index in [1.54, 1.807) is 7.11 Å². The minimum absolute atomic E-state index is 0. The monoisotopic (exact) mass is 412 g/mol. The van der Waals surface area contributed by atoms with E-state index in [0.717, 1.165) is 21.6 Å². The van der Waals surface area contributed by atoms with Gasteiger partial charge in [0.2, 0.25) is 5.91 Å². The van der Waals surface area contributed by atoms with Crippen LogP contribution < -0.4 is 15.4 Å². The van der Waals surface area contributed by atoms with Crippen molar-refractivity contribution in [1.82, 2.24) is 5.32 Å². The molecule has 1 heterocycles. The van der Waals surface area contributed by atoms with Gasteiger partial charge < -0.3 is 20.1 Å². The summed E-state index contributed by atoms with van der Waals surface area (Å²) in [6.07, 6.45) is 0.410. The maximum absolute atomic E-state index is 12.0. The van der Waals surface area contributed by atoms with Crippen LogP contribution in [0.1, 0.15) is 6.42 Å². The molecular formula is C13H18ClIN2O3. The summed E-state index contributed by atoms with van der Waals surface area (Å²) in [5.74, 6) is 0.712. The molecule has 1 aromatic rings. The number of hydrogen-bond donors (Lipinski definition) is 2. The maximum Gasteiger partial charge on any atom is 0.226 e. The lowest BCUT2D eigenvalue weighted by Gasteiger charge is -2.23. The van der Waals surface area contributed by atoms with Crippen molar-refractivity contribution in [2.24, 2.45) is 0 Å². The normalized spacial score (nSPS) is 18.0. The Balaban J connectivity index is 0.00000200. The van der Waals surface area contributed by atoms with Gasteiger partial charge in [0.1, 0.15) is 5.75 Å². The number of amides is 1. The minimum atomic E-state index is -0.0193. The highest BCUT2D eigenvalue weighted by molar-refractivity contribution is 14.1. The molecule has 7 heteroatoms. The highest BCUT2D eigenvalue weighted by Crippen LogP contribution is 2.24. The second kappa shape index (κ2) is 8.66. The van der Waals surface area contributed by atoms with Crippen LogP contribution in [0, 0.1) is 3.57 Å². The smallest absolute Gasteiger partial charge is 0.226 e. The number of rotatable bonds is 4. The maximum atomic E-state index is 12.0. The van der Waals surface area contributed by atoms with Crippen molar-refractivity contribution < 1.29 is 14.3 Å². The first-order valence-electron chi connectivity index (χ1n) is 6.13. The van der Waals surface area contributed by atoms with Gasteiger partial charge in [0.15, 0.2) is 0 Å². The molecule has 0 spiro atoms. The third-order valence-electron chi connectivity index (χ3n) is 2.88. The Labute approximate surface area is 138 Å². The molecule has 1 saturated heterocycles. The van der Waals surface area contributed by atoms with Gasteiger partial charge in [0.25, 0.3) is 0 Å². The molecule has 1 fully saturated rings. The first kappa shape index (κ1) is 17.5. The molecule has 1 aliphatic heterocycles. The molecule has 1 atom stereocenters. The molecule has 0 bridgehead atoms. The molecule has 0 aromatic heterocycles. The fraction of sp³-hybridized carbons (Fsp3) is 0.462. The molecule has 1 unspecified atom stereocenters. The van der Waals surface area contributed by atoms with Gasteiger partial charge in [-0.1, -0.05) is 0 Å². The highest BCUT2D eigenvalue weighted by Gasteiger charge is 2.17. The molecule has 1 amide bonds. The predicted octanol–water partition coefficient (Wildman–Crippen LogP) is 2.04. The van der Waals surface area contributed by atoms with E-state index >= 15 is 0 Å². The number of methoxy groups -OCH3 is 1. The Morgan fingerprint density at radius 2 is 2.40 bits per heavy atom. The number of anilines is 1. The van der Waals surface area contributed by atoms with Gasteiger partial charge in [0, 0.05) is 28.6 Å². The molecule has 0 aliphatic carbocycles. The number of morpholine rings is 1. The standard InChI is InChI=1S/C13H17IN2O3.ClH/c1-18-10-2-3-11(14)12(7-10)16-13(17)6-9-8-19-5-4-15-9;/h2-3,7,9,15H,4-6,8H2,1H3,(H,16,17);1H. The first-order chi connectivity index (χ1) is 9.19. The van der Waals surface area contributed by atoms with Gasteiger partial charge in [-0.25, -0.2) is 0 Å². The summed E-state index contributed by atoms with van der Waals surface area (Å²) in [5, 5.41) is 6.17. The Hall–Kier alpha value is -0.570. The zero-order valence-electron chi connectivity index (χ0n) is 11.1. The minimum Gasteiger partial charge on any atom is -0.497 e. The fourth-order valence-corrected chi connectivity index (χ4v) is 2.37. The molecule has 112 valence electrons. The SMILES string of the molecule is COc1ccc(I)c(NC(=O)CC2COCCN2)c1.Cl. The molecule has 0 radical (unpaired) electrons. The lowest BCUT2D eigenvalue weighted by Crippen LogP contribution is -2.43. The average molecular weight is 413 g/mol. The molecule has 20 heavy (non-hydrogen) atoms. The summed E-state index contributed by atoms with van der Waals surface area (Å²) in [6, 6.07) is 5.70. The van der Waals surface area contributed by atoms with Crippen molar-refractivity contribution in [2.45, 2.75) is 12.5 Å². The van der Waals surface area contributed by atoms with Crippen molar-refractivity contribution in [3.05, 3.63) is 21.8 Å². The summed E-state index contributed by atoms with van der Waals surface area (Å²) in [6.45, 7) is 2.10. The van der Waals surface area contributed by atoms with Crippen LogP contribution in [0.4, 0.5) is 5.69 Å². The molecule has 1 aromatic carbocycles. The van der Waals surface area contributed by atoms with E-state index in [1.807, 2.05) is 18.2 Å². The third-order valence-corrected chi connectivity index (χ3v) is 3.82. The van der Waals surface area contributed by atoms with Gasteiger partial charge in [0.05, 0.1) is 26.0 Å². The number of nitrogens with one attached hydrogen (secondary N) is 2. The zero-order chi connectivity index (χ0) is 13.7. The second-order valence-electron chi connectivity index (χ2n) is 4.32. The van der Waals surface area contributed by atoms with Crippen LogP contribution in [-0.2, 0) is 9.53 Å². The highest BCUT2D eigenvalue weighted by atomic mass is 127. The van der Waals surface area contributed by atoms with Crippen LogP contribution >= 0.6 is 35.0 Å². The Kier molecular flexibility index (Phi) is 7.57. The zero-order valence-corrected chi connectivity index (χ0v) is 14.1. The lowest BCUT2D eigenvalue weighted by molar-refractivity contribution is -0.117. The van der Waals surface area contributed by atoms with Gasteiger partial charge in [-0.15, -0.1) is 12.4 Å². The predicted molar refractivity (Wildman–Crippen MR) is 88.8 cm³/mol. The van der Waals surface area contributed by atoms with Gasteiger partial charge in [-0.2, -0.15) is 0 Å². The van der Waals surface area contributed by atoms with Crippen molar-refractivity contribution in [3.63, 3.8) is 0 Å². The van der Waals surface area contributed by atoms with Crippen molar-refractivity contribution >= 4 is 46.6 Å². The molecule has 2 N–H and O–H groups in total. The van der Waals surface area contributed by atoms with Crippen LogP contribution in [0.3, 0.4) is 0 Å². The van der Waals surface area contributed by atoms with Crippen molar-refractivity contribution in [2.75, 3.05) is 32.2 Å².